The number of ether oxygens (including phenoxy) is 2. The van der Waals surface area contributed by atoms with E-state index in [0.717, 1.165) is 0 Å². The second kappa shape index (κ2) is 6.46. The fraction of sp³-hybridized carbons (Fsp3) is 0.455. The highest BCUT2D eigenvalue weighted by molar-refractivity contribution is 7.89. The maximum atomic E-state index is 10.7. The molecule has 0 radical (unpaired) electrons. The summed E-state index contributed by atoms with van der Waals surface area (Å²) in [6.45, 7) is 0.440. The van der Waals surface area contributed by atoms with Gasteiger partial charge in [-0.3, -0.25) is 0 Å². The van der Waals surface area contributed by atoms with E-state index in [9.17, 15) is 8.42 Å². The van der Waals surface area contributed by atoms with Gasteiger partial charge in [-0.15, -0.1) is 0 Å². The van der Waals surface area contributed by atoms with E-state index in [-0.39, 0.29) is 5.75 Å². The van der Waals surface area contributed by atoms with Crippen molar-refractivity contribution in [1.29, 1.82) is 0 Å². The zero-order valence-electron chi connectivity index (χ0n) is 9.76. The molecule has 0 heterocycles. The number of nitrogens with two attached hydrogens (primary N) is 1. The molecule has 96 valence electrons. The molecule has 0 saturated carbocycles. The van der Waals surface area contributed by atoms with E-state index in [1.807, 2.05) is 12.1 Å². The van der Waals surface area contributed by atoms with Gasteiger partial charge >= 0.3 is 0 Å². The Morgan fingerprint density at radius 3 is 2.41 bits per heavy atom. The van der Waals surface area contributed by atoms with E-state index in [1.54, 1.807) is 19.2 Å². The number of hydrogen-bond acceptors (Lipinski definition) is 4. The Bertz CT molecular complexity index is 445. The second-order valence-corrected chi connectivity index (χ2v) is 5.31. The Kier molecular flexibility index (Phi) is 5.24. The standard InChI is InChI=1S/C11H17NO4S/c1-15-10-6-2-3-7-11(10)16-8-4-5-9-17(12,13)14/h2-3,6-7H,4-5,8-9H2,1H3,(H2,12,13,14). The van der Waals surface area contributed by atoms with Gasteiger partial charge in [0.1, 0.15) is 0 Å². The summed E-state index contributed by atoms with van der Waals surface area (Å²) >= 11 is 0. The lowest BCUT2D eigenvalue weighted by Crippen LogP contribution is -2.16. The van der Waals surface area contributed by atoms with Crippen LogP contribution in [0.5, 0.6) is 11.5 Å². The maximum Gasteiger partial charge on any atom is 0.209 e. The van der Waals surface area contributed by atoms with Crippen LogP contribution in [0, 0.1) is 0 Å². The molecule has 1 aromatic carbocycles. The smallest absolute Gasteiger partial charge is 0.209 e. The Morgan fingerprint density at radius 2 is 1.82 bits per heavy atom. The van der Waals surface area contributed by atoms with Gasteiger partial charge in [-0.1, -0.05) is 12.1 Å². The zero-order chi connectivity index (χ0) is 12.7. The van der Waals surface area contributed by atoms with E-state index >= 15 is 0 Å². The van der Waals surface area contributed by atoms with E-state index in [2.05, 4.69) is 0 Å². The van der Waals surface area contributed by atoms with E-state index in [1.165, 1.54) is 0 Å². The molecule has 0 aromatic heterocycles. The van der Waals surface area contributed by atoms with Crippen LogP contribution in [0.25, 0.3) is 0 Å². The Hall–Kier alpha value is -1.27. The minimum absolute atomic E-state index is 0.0116. The van der Waals surface area contributed by atoms with Gasteiger partial charge in [0.2, 0.25) is 10.0 Å². The lowest BCUT2D eigenvalue weighted by atomic mass is 10.3. The molecule has 0 atom stereocenters. The van der Waals surface area contributed by atoms with Gasteiger partial charge in [0.15, 0.2) is 11.5 Å². The van der Waals surface area contributed by atoms with Gasteiger partial charge in [0, 0.05) is 0 Å². The first kappa shape index (κ1) is 13.8. The third-order valence-corrected chi connectivity index (χ3v) is 3.01. The minimum atomic E-state index is -3.36. The van der Waals surface area contributed by atoms with Gasteiger partial charge < -0.3 is 9.47 Å². The largest absolute Gasteiger partial charge is 0.493 e. The second-order valence-electron chi connectivity index (χ2n) is 3.57. The molecular weight excluding hydrogens is 242 g/mol. The molecule has 0 aliphatic heterocycles. The summed E-state index contributed by atoms with van der Waals surface area (Å²) in [5, 5.41) is 4.89. The Labute approximate surface area is 102 Å². The molecule has 0 aliphatic rings. The summed E-state index contributed by atoms with van der Waals surface area (Å²) in [7, 11) is -1.79. The lowest BCUT2D eigenvalue weighted by Gasteiger charge is -2.09. The van der Waals surface area contributed by atoms with Crippen molar-refractivity contribution in [3.63, 3.8) is 0 Å². The molecule has 2 N–H and O–H groups in total. The number of para-hydroxylation sites is 2. The van der Waals surface area contributed by atoms with Crippen LogP contribution in [0.2, 0.25) is 0 Å². The summed E-state index contributed by atoms with van der Waals surface area (Å²) in [5.41, 5.74) is 0. The average molecular weight is 259 g/mol. The minimum Gasteiger partial charge on any atom is -0.493 e. The first-order chi connectivity index (χ1) is 8.03. The van der Waals surface area contributed by atoms with E-state index in [4.69, 9.17) is 14.6 Å². The van der Waals surface area contributed by atoms with Crippen molar-refractivity contribution in [3.05, 3.63) is 24.3 Å². The predicted octanol–water partition coefficient (Wildman–Crippen LogP) is 1.14. The molecule has 0 bridgehead atoms. The van der Waals surface area contributed by atoms with Crippen molar-refractivity contribution >= 4 is 10.0 Å². The van der Waals surface area contributed by atoms with Gasteiger partial charge in [-0.05, 0) is 25.0 Å². The SMILES string of the molecule is COc1ccccc1OCCCCS(N)(=O)=O. The normalized spacial score (nSPS) is 11.2. The number of sulfonamides is 1. The van der Waals surface area contributed by atoms with Crippen molar-refractivity contribution in [2.45, 2.75) is 12.8 Å². The molecule has 5 nitrogen and oxygen atoms in total. The number of benzene rings is 1. The molecular formula is C11H17NO4S. The van der Waals surface area contributed by atoms with Crippen LogP contribution in [-0.2, 0) is 10.0 Å². The summed E-state index contributed by atoms with van der Waals surface area (Å²) in [4.78, 5) is 0. The van der Waals surface area contributed by atoms with E-state index < -0.39 is 10.0 Å². The molecule has 0 aliphatic carbocycles. The van der Waals surface area contributed by atoms with Crippen LogP contribution in [0.4, 0.5) is 0 Å². The summed E-state index contributed by atoms with van der Waals surface area (Å²) in [5.74, 6) is 1.31. The highest BCUT2D eigenvalue weighted by Gasteiger charge is 2.04. The molecule has 1 aromatic rings. The van der Waals surface area contributed by atoms with Crippen LogP contribution >= 0.6 is 0 Å². The van der Waals surface area contributed by atoms with Crippen LogP contribution in [0.3, 0.4) is 0 Å². The van der Waals surface area contributed by atoms with Gasteiger partial charge in [-0.25, -0.2) is 13.6 Å². The van der Waals surface area contributed by atoms with Crippen LogP contribution in [-0.4, -0.2) is 27.9 Å². The lowest BCUT2D eigenvalue weighted by molar-refractivity contribution is 0.288. The molecule has 0 fully saturated rings. The first-order valence-electron chi connectivity index (χ1n) is 5.29. The van der Waals surface area contributed by atoms with Crippen molar-refractivity contribution in [1.82, 2.24) is 0 Å². The highest BCUT2D eigenvalue weighted by atomic mass is 32.2. The topological polar surface area (TPSA) is 78.6 Å². The predicted molar refractivity (Wildman–Crippen MR) is 65.7 cm³/mol. The van der Waals surface area contributed by atoms with Crippen molar-refractivity contribution in [2.24, 2.45) is 5.14 Å². The number of methoxy groups -OCH3 is 1. The van der Waals surface area contributed by atoms with Crippen LogP contribution in [0.1, 0.15) is 12.8 Å². The Balaban J connectivity index is 2.31. The third-order valence-electron chi connectivity index (χ3n) is 2.15. The fourth-order valence-corrected chi connectivity index (χ4v) is 1.93. The van der Waals surface area contributed by atoms with E-state index in [0.29, 0.717) is 30.9 Å². The zero-order valence-corrected chi connectivity index (χ0v) is 10.6. The van der Waals surface area contributed by atoms with Crippen molar-refractivity contribution in [2.75, 3.05) is 19.5 Å². The summed E-state index contributed by atoms with van der Waals surface area (Å²) in [6.07, 6.45) is 1.13. The van der Waals surface area contributed by atoms with Gasteiger partial charge in [-0.2, -0.15) is 0 Å². The molecule has 0 unspecified atom stereocenters. The van der Waals surface area contributed by atoms with Crippen molar-refractivity contribution in [3.8, 4) is 11.5 Å². The number of unbranched alkanes of at least 4 members (excludes halogenated alkanes) is 1. The Morgan fingerprint density at radius 1 is 1.18 bits per heavy atom. The summed E-state index contributed by atoms with van der Waals surface area (Å²) < 4.78 is 32.0. The number of rotatable bonds is 7. The molecule has 0 saturated heterocycles. The van der Waals surface area contributed by atoms with Gasteiger partial charge in [0.05, 0.1) is 19.5 Å². The van der Waals surface area contributed by atoms with Crippen molar-refractivity contribution < 1.29 is 17.9 Å². The molecule has 0 spiro atoms. The highest BCUT2D eigenvalue weighted by Crippen LogP contribution is 2.25. The molecule has 6 heteroatoms. The first-order valence-corrected chi connectivity index (χ1v) is 7.01. The average Bonchev–Trinajstić information content (AvgIpc) is 2.27. The molecule has 17 heavy (non-hydrogen) atoms. The molecule has 1 rings (SSSR count). The third kappa shape index (κ3) is 5.55. The monoisotopic (exact) mass is 259 g/mol. The maximum absolute atomic E-state index is 10.7. The molecule has 0 amide bonds. The van der Waals surface area contributed by atoms with Crippen LogP contribution in [0.15, 0.2) is 24.3 Å². The van der Waals surface area contributed by atoms with Crippen LogP contribution < -0.4 is 14.6 Å². The number of primary sulfonamides is 1. The quantitative estimate of drug-likeness (QED) is 0.745. The van der Waals surface area contributed by atoms with Gasteiger partial charge in [0.25, 0.3) is 0 Å². The summed E-state index contributed by atoms with van der Waals surface area (Å²) in [6, 6.07) is 7.31. The number of hydrogen-bond donors (Lipinski definition) is 1. The fourth-order valence-electron chi connectivity index (χ4n) is 1.33.